The van der Waals surface area contributed by atoms with Crippen LogP contribution in [0.1, 0.15) is 27.6 Å². The molecular weight excluding hydrogens is 548 g/mol. The number of nitrogens with zero attached hydrogens (tertiary/aromatic N) is 4. The van der Waals surface area contributed by atoms with Crippen molar-refractivity contribution in [3.63, 3.8) is 0 Å². The molecule has 0 radical (unpaired) electrons. The number of carbonyl (C=O) groups excluding carboxylic acids is 3. The van der Waals surface area contributed by atoms with Crippen LogP contribution in [0.3, 0.4) is 0 Å². The van der Waals surface area contributed by atoms with Crippen LogP contribution in [0.25, 0.3) is 0 Å². The van der Waals surface area contributed by atoms with Crippen LogP contribution in [0.2, 0.25) is 0 Å². The quantitative estimate of drug-likeness (QED) is 0.210. The average Bonchev–Trinajstić information content (AvgIpc) is 3.16. The molecule has 1 heterocycles. The molecule has 0 saturated heterocycles. The first-order valence-electron chi connectivity index (χ1n) is 10.6. The maximum atomic E-state index is 12.8. The Morgan fingerprint density at radius 1 is 0.923 bits per heavy atom. The number of hydrazone groups is 1. The van der Waals surface area contributed by atoms with Crippen LogP contribution in [0.15, 0.2) is 93.0 Å². The van der Waals surface area contributed by atoms with Gasteiger partial charge in [-0.2, -0.15) is 20.3 Å². The number of anilines is 2. The number of rotatable bonds is 8. The summed E-state index contributed by atoms with van der Waals surface area (Å²) < 4.78 is 27.8. The number of aromatic carboxylic acids is 2. The summed E-state index contributed by atoms with van der Waals surface area (Å²) >= 11 is 0. The van der Waals surface area contributed by atoms with Gasteiger partial charge in [-0.15, -0.1) is 0 Å². The number of azo groups is 1. The van der Waals surface area contributed by atoms with Crippen LogP contribution in [0, 0.1) is 0 Å². The molecule has 188 valence electrons. The van der Waals surface area contributed by atoms with Crippen molar-refractivity contribution in [1.82, 2.24) is 0 Å². The van der Waals surface area contributed by atoms with Gasteiger partial charge in [0.25, 0.3) is 15.9 Å². The minimum absolute atomic E-state index is 0. The maximum Gasteiger partial charge on any atom is 1.00 e. The minimum Gasteiger partial charge on any atom is -0.545 e. The van der Waals surface area contributed by atoms with E-state index in [9.17, 15) is 33.0 Å². The number of amides is 1. The van der Waals surface area contributed by atoms with E-state index in [0.29, 0.717) is 11.4 Å². The summed E-state index contributed by atoms with van der Waals surface area (Å²) in [5.41, 5.74) is -0.698. The van der Waals surface area contributed by atoms with Crippen LogP contribution < -0.4 is 79.1 Å². The van der Waals surface area contributed by atoms with Gasteiger partial charge in [0.15, 0.2) is 6.04 Å². The van der Waals surface area contributed by atoms with Gasteiger partial charge in [-0.05, 0) is 43.3 Å². The monoisotopic (exact) mass is 565 g/mol. The largest absolute Gasteiger partial charge is 1.00 e. The molecule has 3 aromatic carbocycles. The molecule has 1 aliphatic heterocycles. The fourth-order valence-electron chi connectivity index (χ4n) is 3.45. The van der Waals surface area contributed by atoms with E-state index in [1.54, 1.807) is 37.3 Å². The van der Waals surface area contributed by atoms with Crippen molar-refractivity contribution in [3.8, 4) is 0 Å². The molecule has 0 bridgehead atoms. The van der Waals surface area contributed by atoms with Crippen LogP contribution in [-0.4, -0.2) is 38.0 Å². The Kier molecular flexibility index (Phi) is 11.1. The fourth-order valence-corrected chi connectivity index (χ4v) is 4.56. The molecule has 4 rings (SSSR count). The van der Waals surface area contributed by atoms with Gasteiger partial charge in [0, 0.05) is 11.1 Å². The SMILES string of the molecule is CC1=NN(c2ccccc2)C(=O)C1N=Nc1ccc(S(=O)(=O)Nc2ccccc2C(=O)[O-])cc1C(=O)[O-].[Na+].[Na+]. The zero-order valence-corrected chi connectivity index (χ0v) is 25.9. The number of carbonyl (C=O) groups is 3. The first-order valence-corrected chi connectivity index (χ1v) is 12.1. The third kappa shape index (κ3) is 7.19. The third-order valence-corrected chi connectivity index (χ3v) is 6.63. The molecule has 1 N–H and O–H groups in total. The van der Waals surface area contributed by atoms with Gasteiger partial charge in [0.1, 0.15) is 0 Å². The van der Waals surface area contributed by atoms with Gasteiger partial charge in [-0.25, -0.2) is 8.42 Å². The maximum absolute atomic E-state index is 12.8. The van der Waals surface area contributed by atoms with E-state index >= 15 is 0 Å². The Morgan fingerprint density at radius 2 is 1.54 bits per heavy atom. The number of sulfonamides is 1. The van der Waals surface area contributed by atoms with Crippen molar-refractivity contribution < 1.29 is 92.1 Å². The van der Waals surface area contributed by atoms with Crippen molar-refractivity contribution in [2.24, 2.45) is 15.3 Å². The standard InChI is InChI=1S/C24H19N5O7S.2Na/c1-14-21(22(30)29(27-14)15-7-3-2-4-8-15)26-25-19-12-11-16(13-18(19)24(33)34)37(35,36)28-20-10-6-5-9-17(20)23(31)32;;/h2-13,21,28H,1H3,(H,31,32)(H,33,34);;/q;2*+1/p-2. The third-order valence-electron chi connectivity index (χ3n) is 5.27. The zero-order chi connectivity index (χ0) is 26.7. The summed E-state index contributed by atoms with van der Waals surface area (Å²) in [6.07, 6.45) is 0. The zero-order valence-electron chi connectivity index (χ0n) is 21.1. The van der Waals surface area contributed by atoms with Crippen molar-refractivity contribution in [2.45, 2.75) is 17.9 Å². The first kappa shape index (κ1) is 32.3. The molecule has 39 heavy (non-hydrogen) atoms. The van der Waals surface area contributed by atoms with Gasteiger partial charge in [-0.3, -0.25) is 9.52 Å². The number of hydrogen-bond donors (Lipinski definition) is 1. The van der Waals surface area contributed by atoms with Crippen LogP contribution in [0.5, 0.6) is 0 Å². The number of nitrogens with one attached hydrogen (secondary N) is 1. The van der Waals surface area contributed by atoms with E-state index in [-0.39, 0.29) is 70.5 Å². The van der Waals surface area contributed by atoms with E-state index in [1.165, 1.54) is 18.2 Å². The minimum atomic E-state index is -4.41. The topological polar surface area (TPSA) is 184 Å². The second-order valence-electron chi connectivity index (χ2n) is 7.75. The molecule has 1 amide bonds. The Balaban J connectivity index is 0.00000267. The van der Waals surface area contributed by atoms with Crippen LogP contribution in [-0.2, 0) is 14.8 Å². The first-order chi connectivity index (χ1) is 17.6. The molecule has 0 fully saturated rings. The van der Waals surface area contributed by atoms with Gasteiger partial charge in [0.05, 0.1) is 39.6 Å². The average molecular weight is 565 g/mol. The van der Waals surface area contributed by atoms with Crippen molar-refractivity contribution in [2.75, 3.05) is 9.73 Å². The Morgan fingerprint density at radius 3 is 2.18 bits per heavy atom. The summed E-state index contributed by atoms with van der Waals surface area (Å²) in [7, 11) is -4.41. The second-order valence-corrected chi connectivity index (χ2v) is 9.43. The van der Waals surface area contributed by atoms with Gasteiger partial charge in [-0.1, -0.05) is 36.4 Å². The summed E-state index contributed by atoms with van der Waals surface area (Å²) in [5.74, 6) is -3.84. The molecule has 12 nitrogen and oxygen atoms in total. The number of hydrogen-bond acceptors (Lipinski definition) is 10. The molecule has 1 unspecified atom stereocenters. The number of benzene rings is 3. The molecule has 0 aromatic heterocycles. The molecule has 3 aromatic rings. The fraction of sp³-hybridized carbons (Fsp3) is 0.0833. The predicted molar refractivity (Wildman–Crippen MR) is 128 cm³/mol. The molecular formula is C24H17N5Na2O7S. The van der Waals surface area contributed by atoms with Gasteiger partial charge < -0.3 is 19.8 Å². The van der Waals surface area contributed by atoms with E-state index in [0.717, 1.165) is 29.3 Å². The smallest absolute Gasteiger partial charge is 0.545 e. The molecule has 0 saturated carbocycles. The normalized spacial score (nSPS) is 14.8. The molecule has 0 spiro atoms. The number of para-hydroxylation sites is 2. The Bertz CT molecular complexity index is 1580. The van der Waals surface area contributed by atoms with Crippen molar-refractivity contribution in [3.05, 3.63) is 83.9 Å². The van der Waals surface area contributed by atoms with E-state index in [1.807, 2.05) is 0 Å². The van der Waals surface area contributed by atoms with Crippen LogP contribution in [0.4, 0.5) is 17.1 Å². The summed E-state index contributed by atoms with van der Waals surface area (Å²) in [5, 5.41) is 36.2. The summed E-state index contributed by atoms with van der Waals surface area (Å²) in [6, 6.07) is 15.6. The molecule has 15 heteroatoms. The van der Waals surface area contributed by atoms with Gasteiger partial charge in [0.2, 0.25) is 0 Å². The molecule has 1 atom stereocenters. The van der Waals surface area contributed by atoms with E-state index in [4.69, 9.17) is 0 Å². The Labute approximate surface area is 267 Å². The Hall–Kier alpha value is -2.91. The summed E-state index contributed by atoms with van der Waals surface area (Å²) in [4.78, 5) is 35.3. The number of carboxylic acids is 2. The number of carboxylic acid groups (broad SMARTS) is 2. The van der Waals surface area contributed by atoms with Crippen molar-refractivity contribution >= 4 is 50.6 Å². The summed E-state index contributed by atoms with van der Waals surface area (Å²) in [6.45, 7) is 1.57. The second kappa shape index (κ2) is 13.4. The molecule has 1 aliphatic rings. The van der Waals surface area contributed by atoms with Crippen LogP contribution >= 0.6 is 0 Å². The van der Waals surface area contributed by atoms with E-state index in [2.05, 4.69) is 20.1 Å². The molecule has 0 aliphatic carbocycles. The predicted octanol–water partition coefficient (Wildman–Crippen LogP) is -4.90. The van der Waals surface area contributed by atoms with Crippen molar-refractivity contribution in [1.29, 1.82) is 0 Å². The van der Waals surface area contributed by atoms with Gasteiger partial charge >= 0.3 is 59.1 Å². The van der Waals surface area contributed by atoms with E-state index < -0.39 is 49.9 Å².